The Kier molecular flexibility index (Phi) is 7.26. The highest BCUT2D eigenvalue weighted by molar-refractivity contribution is 8.02. The van der Waals surface area contributed by atoms with Crippen LogP contribution in [0, 0.1) is 0 Å². The minimum atomic E-state index is 0.812. The van der Waals surface area contributed by atoms with Crippen molar-refractivity contribution in [3.63, 3.8) is 0 Å². The third-order valence-corrected chi connectivity index (χ3v) is 6.70. The van der Waals surface area contributed by atoms with Crippen LogP contribution in [0.1, 0.15) is 36.1 Å². The zero-order chi connectivity index (χ0) is 20.8. The molecule has 0 radical (unpaired) electrons. The summed E-state index contributed by atoms with van der Waals surface area (Å²) in [5.74, 6) is 0. The van der Waals surface area contributed by atoms with Gasteiger partial charge in [0.25, 0.3) is 0 Å². The van der Waals surface area contributed by atoms with Gasteiger partial charge in [0.05, 0.1) is 24.2 Å². The maximum Gasteiger partial charge on any atom is 0.0710 e. The number of anilines is 1. The minimum absolute atomic E-state index is 0.812. The fourth-order valence-electron chi connectivity index (χ4n) is 4.26. The molecule has 1 N–H and O–H groups in total. The summed E-state index contributed by atoms with van der Waals surface area (Å²) < 4.78 is 0. The average molecular weight is 421 g/mol. The largest absolute Gasteiger partial charge is 0.360 e. The van der Waals surface area contributed by atoms with Crippen molar-refractivity contribution in [2.45, 2.75) is 38.9 Å². The lowest BCUT2D eigenvalue weighted by atomic mass is 10.1. The first-order chi connectivity index (χ1) is 14.7. The van der Waals surface area contributed by atoms with E-state index >= 15 is 0 Å². The zero-order valence-corrected chi connectivity index (χ0v) is 18.9. The van der Waals surface area contributed by atoms with Gasteiger partial charge in [-0.25, -0.2) is 0 Å². The predicted octanol–water partition coefficient (Wildman–Crippen LogP) is 4.94. The van der Waals surface area contributed by atoms with Crippen LogP contribution in [0.2, 0.25) is 0 Å². The van der Waals surface area contributed by atoms with E-state index in [-0.39, 0.29) is 0 Å². The molecule has 0 amide bonds. The topological polar surface area (TPSA) is 31.4 Å². The van der Waals surface area contributed by atoms with E-state index in [9.17, 15) is 0 Å². The fraction of sp³-hybridized carbons (Fsp3) is 0.400. The van der Waals surface area contributed by atoms with E-state index in [2.05, 4.69) is 77.0 Å². The second-order valence-corrected chi connectivity index (χ2v) is 9.17. The molecule has 2 aliphatic rings. The highest BCUT2D eigenvalue weighted by atomic mass is 32.2. The van der Waals surface area contributed by atoms with E-state index in [1.807, 2.05) is 18.0 Å². The Bertz CT molecular complexity index is 907. The van der Waals surface area contributed by atoms with E-state index in [4.69, 9.17) is 4.98 Å². The van der Waals surface area contributed by atoms with Crippen molar-refractivity contribution in [3.8, 4) is 0 Å². The first-order valence-electron chi connectivity index (χ1n) is 10.8. The van der Waals surface area contributed by atoms with Gasteiger partial charge in [-0.2, -0.15) is 0 Å². The molecule has 0 unspecified atom stereocenters. The standard InChI is InChI=1S/C25H32N4S/c1-28-19-29(17-21-7-4-3-5-8-21)18-22-13-23(27-16-25(22)28)15-26-14-20-9-6-10-24(30-2)12-11-20/h3-5,7-8,11-13,16,26H,6,9-10,14-15,17-19H2,1-2H3. The van der Waals surface area contributed by atoms with Gasteiger partial charge in [0.15, 0.2) is 0 Å². The Hall–Kier alpha value is -2.08. The molecule has 0 bridgehead atoms. The van der Waals surface area contributed by atoms with Crippen LogP contribution in [0.25, 0.3) is 0 Å². The van der Waals surface area contributed by atoms with Gasteiger partial charge in [-0.3, -0.25) is 9.88 Å². The van der Waals surface area contributed by atoms with Crippen molar-refractivity contribution in [2.75, 3.05) is 31.4 Å². The molecule has 5 heteroatoms. The van der Waals surface area contributed by atoms with E-state index in [1.165, 1.54) is 46.6 Å². The van der Waals surface area contributed by atoms with E-state index < -0.39 is 0 Å². The molecule has 158 valence electrons. The number of benzene rings is 1. The summed E-state index contributed by atoms with van der Waals surface area (Å²) >= 11 is 1.87. The SMILES string of the molecule is CSC1=CC=C(CNCc2cc3c(cn2)N(C)CN(Cc2ccccc2)C3)CCC1. The first kappa shape index (κ1) is 21.2. The van der Waals surface area contributed by atoms with Gasteiger partial charge in [-0.05, 0) is 47.6 Å². The van der Waals surface area contributed by atoms with Crippen molar-refractivity contribution in [1.29, 1.82) is 0 Å². The third kappa shape index (κ3) is 5.54. The quantitative estimate of drug-likeness (QED) is 0.686. The number of thioether (sulfide) groups is 1. The molecule has 0 spiro atoms. The fourth-order valence-corrected chi connectivity index (χ4v) is 4.81. The predicted molar refractivity (Wildman–Crippen MR) is 128 cm³/mol. The first-order valence-corrected chi connectivity index (χ1v) is 12.0. The number of aromatic nitrogens is 1. The molecule has 0 atom stereocenters. The molecule has 1 aliphatic carbocycles. The summed E-state index contributed by atoms with van der Waals surface area (Å²) in [6, 6.07) is 13.0. The van der Waals surface area contributed by atoms with Crippen LogP contribution in [0.5, 0.6) is 0 Å². The van der Waals surface area contributed by atoms with E-state index in [0.29, 0.717) is 0 Å². The second kappa shape index (κ2) is 10.3. The molecule has 0 fully saturated rings. The number of nitrogens with one attached hydrogen (secondary N) is 1. The normalized spacial score (nSPS) is 17.2. The summed E-state index contributed by atoms with van der Waals surface area (Å²) in [7, 11) is 2.16. The van der Waals surface area contributed by atoms with E-state index in [1.54, 1.807) is 0 Å². The van der Waals surface area contributed by atoms with Gasteiger partial charge in [0, 0.05) is 33.2 Å². The van der Waals surface area contributed by atoms with Crippen molar-refractivity contribution in [3.05, 3.63) is 82.0 Å². The zero-order valence-electron chi connectivity index (χ0n) is 18.1. The Morgan fingerprint density at radius 3 is 2.80 bits per heavy atom. The van der Waals surface area contributed by atoms with Crippen LogP contribution in [0.3, 0.4) is 0 Å². The van der Waals surface area contributed by atoms with Gasteiger partial charge in [-0.1, -0.05) is 48.1 Å². The highest BCUT2D eigenvalue weighted by Gasteiger charge is 2.21. The molecule has 4 nitrogen and oxygen atoms in total. The lowest BCUT2D eigenvalue weighted by Gasteiger charge is -2.36. The minimum Gasteiger partial charge on any atom is -0.360 e. The van der Waals surface area contributed by atoms with Gasteiger partial charge >= 0.3 is 0 Å². The van der Waals surface area contributed by atoms with Gasteiger partial charge < -0.3 is 10.2 Å². The number of nitrogens with zero attached hydrogens (tertiary/aromatic N) is 3. The average Bonchev–Trinajstić information content (AvgIpc) is 2.99. The molecule has 0 saturated heterocycles. The summed E-state index contributed by atoms with van der Waals surface area (Å²) in [5.41, 5.74) is 6.60. The van der Waals surface area contributed by atoms with Crippen molar-refractivity contribution >= 4 is 17.4 Å². The van der Waals surface area contributed by atoms with Crippen LogP contribution in [-0.4, -0.2) is 36.4 Å². The maximum atomic E-state index is 4.72. The molecule has 1 aromatic heterocycles. The number of pyridine rings is 1. The third-order valence-electron chi connectivity index (χ3n) is 5.84. The Balaban J connectivity index is 1.36. The number of fused-ring (bicyclic) bond motifs is 1. The Labute approximate surface area is 185 Å². The van der Waals surface area contributed by atoms with Crippen LogP contribution < -0.4 is 10.2 Å². The Morgan fingerprint density at radius 1 is 1.10 bits per heavy atom. The highest BCUT2D eigenvalue weighted by Crippen LogP contribution is 2.27. The maximum absolute atomic E-state index is 4.72. The molecule has 1 aromatic carbocycles. The number of hydrogen-bond donors (Lipinski definition) is 1. The smallest absolute Gasteiger partial charge is 0.0710 e. The summed E-state index contributed by atoms with van der Waals surface area (Å²) in [6.45, 7) is 4.63. The van der Waals surface area contributed by atoms with Gasteiger partial charge in [0.2, 0.25) is 0 Å². The summed E-state index contributed by atoms with van der Waals surface area (Å²) in [4.78, 5) is 11.0. The molecule has 2 aromatic rings. The Morgan fingerprint density at radius 2 is 1.97 bits per heavy atom. The molecular weight excluding hydrogens is 388 g/mol. The molecule has 30 heavy (non-hydrogen) atoms. The number of allylic oxidation sites excluding steroid dienone is 3. The number of rotatable bonds is 7. The second-order valence-electron chi connectivity index (χ2n) is 8.24. The molecule has 2 heterocycles. The van der Waals surface area contributed by atoms with Crippen molar-refractivity contribution in [1.82, 2.24) is 15.2 Å². The molecule has 4 rings (SSSR count). The molecule has 1 aliphatic heterocycles. The van der Waals surface area contributed by atoms with Crippen molar-refractivity contribution in [2.24, 2.45) is 0 Å². The molecular formula is C25H32N4S. The number of hydrogen-bond acceptors (Lipinski definition) is 5. The summed E-state index contributed by atoms with van der Waals surface area (Å²) in [5, 5.41) is 3.61. The lowest BCUT2D eigenvalue weighted by molar-refractivity contribution is 0.248. The van der Waals surface area contributed by atoms with Crippen LogP contribution >= 0.6 is 11.8 Å². The van der Waals surface area contributed by atoms with Gasteiger partial charge in [-0.15, -0.1) is 11.8 Å². The van der Waals surface area contributed by atoms with Crippen LogP contribution in [0.15, 0.2) is 65.2 Å². The van der Waals surface area contributed by atoms with Gasteiger partial charge in [0.1, 0.15) is 0 Å². The molecule has 0 saturated carbocycles. The lowest BCUT2D eigenvalue weighted by Crippen LogP contribution is -2.39. The monoisotopic (exact) mass is 420 g/mol. The van der Waals surface area contributed by atoms with Crippen molar-refractivity contribution < 1.29 is 0 Å². The van der Waals surface area contributed by atoms with Crippen LogP contribution in [-0.2, 0) is 19.6 Å². The summed E-state index contributed by atoms with van der Waals surface area (Å²) in [6.07, 6.45) is 12.5. The van der Waals surface area contributed by atoms with E-state index in [0.717, 1.165) is 38.5 Å². The van der Waals surface area contributed by atoms with Crippen LogP contribution in [0.4, 0.5) is 5.69 Å².